The van der Waals surface area contributed by atoms with Gasteiger partial charge in [0.2, 0.25) is 5.91 Å². The lowest BCUT2D eigenvalue weighted by atomic mass is 10.0. The van der Waals surface area contributed by atoms with Crippen LogP contribution in [0.4, 0.5) is 0 Å². The van der Waals surface area contributed by atoms with E-state index in [2.05, 4.69) is 34.6 Å². The number of hydrogen-bond acceptors (Lipinski definition) is 5. The summed E-state index contributed by atoms with van der Waals surface area (Å²) in [5, 5.41) is 5.74. The van der Waals surface area contributed by atoms with Crippen molar-refractivity contribution >= 4 is 11.8 Å². The van der Waals surface area contributed by atoms with E-state index in [0.717, 1.165) is 56.8 Å². The summed E-state index contributed by atoms with van der Waals surface area (Å²) in [6, 6.07) is 15.2. The molecule has 1 aliphatic rings. The third kappa shape index (κ3) is 8.09. The quantitative estimate of drug-likeness (QED) is 0.510. The zero-order chi connectivity index (χ0) is 23.5. The van der Waals surface area contributed by atoms with Crippen molar-refractivity contribution in [2.24, 2.45) is 0 Å². The van der Waals surface area contributed by atoms with Gasteiger partial charge in [0.05, 0.1) is 20.3 Å². The van der Waals surface area contributed by atoms with Crippen molar-refractivity contribution in [2.75, 3.05) is 33.4 Å². The van der Waals surface area contributed by atoms with E-state index in [-0.39, 0.29) is 24.4 Å². The van der Waals surface area contributed by atoms with Gasteiger partial charge >= 0.3 is 0 Å². The Labute approximate surface area is 196 Å². The second-order valence-corrected chi connectivity index (χ2v) is 8.38. The van der Waals surface area contributed by atoms with Gasteiger partial charge in [-0.25, -0.2) is 0 Å². The summed E-state index contributed by atoms with van der Waals surface area (Å²) in [5.74, 6) is 1.19. The Balaban J connectivity index is 1.35. The van der Waals surface area contributed by atoms with Crippen LogP contribution in [0.25, 0.3) is 0 Å². The number of carbonyl (C=O) groups is 2. The van der Waals surface area contributed by atoms with Crippen LogP contribution < -0.4 is 20.1 Å². The highest BCUT2D eigenvalue weighted by atomic mass is 16.5. The number of unbranched alkanes of at least 4 members (excludes halogenated alkanes) is 1. The molecule has 0 bridgehead atoms. The predicted octanol–water partition coefficient (Wildman–Crippen LogP) is 3.38. The molecule has 1 saturated heterocycles. The number of nitrogens with zero attached hydrogens (tertiary/aromatic N) is 1. The van der Waals surface area contributed by atoms with Crippen molar-refractivity contribution in [3.05, 3.63) is 59.7 Å². The van der Waals surface area contributed by atoms with Crippen LogP contribution in [0, 0.1) is 0 Å². The van der Waals surface area contributed by atoms with Gasteiger partial charge in [-0.15, -0.1) is 0 Å². The van der Waals surface area contributed by atoms with Crippen LogP contribution in [0.3, 0.4) is 0 Å². The Morgan fingerprint density at radius 1 is 1.06 bits per heavy atom. The van der Waals surface area contributed by atoms with E-state index in [4.69, 9.17) is 9.47 Å². The summed E-state index contributed by atoms with van der Waals surface area (Å²) < 4.78 is 10.9. The van der Waals surface area contributed by atoms with Gasteiger partial charge in [0, 0.05) is 31.2 Å². The van der Waals surface area contributed by atoms with Crippen molar-refractivity contribution < 1.29 is 19.1 Å². The molecule has 0 spiro atoms. The van der Waals surface area contributed by atoms with E-state index in [9.17, 15) is 9.59 Å². The number of nitrogens with one attached hydrogen (secondary N) is 2. The van der Waals surface area contributed by atoms with Gasteiger partial charge in [-0.05, 0) is 61.2 Å². The standard InChI is InChI=1S/C26H35N3O4/c1-3-4-16-33-23-10-8-21(9-11-23)26(31)27-18-25(30)28-22-12-14-29(15-13-22)19-20-6-5-7-24(17-20)32-2/h5-11,17,22H,3-4,12-16,18-19H2,1-2H3,(H,27,31)(H,28,30). The number of rotatable bonds is 11. The minimum absolute atomic E-state index is 0.0301. The average molecular weight is 454 g/mol. The normalized spacial score (nSPS) is 14.5. The van der Waals surface area contributed by atoms with Gasteiger partial charge in [0.1, 0.15) is 11.5 Å². The van der Waals surface area contributed by atoms with E-state index in [1.54, 1.807) is 31.4 Å². The maximum absolute atomic E-state index is 12.3. The summed E-state index contributed by atoms with van der Waals surface area (Å²) >= 11 is 0. The van der Waals surface area contributed by atoms with E-state index in [1.165, 1.54) is 5.56 Å². The number of likely N-dealkylation sites (tertiary alicyclic amines) is 1. The van der Waals surface area contributed by atoms with Gasteiger partial charge in [-0.2, -0.15) is 0 Å². The second kappa shape index (κ2) is 12.8. The highest BCUT2D eigenvalue weighted by Gasteiger charge is 2.21. The fourth-order valence-electron chi connectivity index (χ4n) is 3.84. The van der Waals surface area contributed by atoms with Crippen LogP contribution in [0.2, 0.25) is 0 Å². The summed E-state index contributed by atoms with van der Waals surface area (Å²) in [7, 11) is 1.68. The largest absolute Gasteiger partial charge is 0.497 e. The van der Waals surface area contributed by atoms with Gasteiger partial charge in [0.25, 0.3) is 5.91 Å². The molecule has 0 atom stereocenters. The molecular weight excluding hydrogens is 418 g/mol. The Morgan fingerprint density at radius 3 is 2.52 bits per heavy atom. The molecule has 7 nitrogen and oxygen atoms in total. The molecule has 2 amide bonds. The van der Waals surface area contributed by atoms with Crippen LogP contribution in [-0.2, 0) is 11.3 Å². The number of methoxy groups -OCH3 is 1. The van der Waals surface area contributed by atoms with Crippen LogP contribution in [0.15, 0.2) is 48.5 Å². The molecule has 33 heavy (non-hydrogen) atoms. The maximum atomic E-state index is 12.3. The number of hydrogen-bond donors (Lipinski definition) is 2. The zero-order valence-corrected chi connectivity index (χ0v) is 19.6. The van der Waals surface area contributed by atoms with E-state index < -0.39 is 0 Å². The smallest absolute Gasteiger partial charge is 0.251 e. The summed E-state index contributed by atoms with van der Waals surface area (Å²) in [6.07, 6.45) is 3.86. The van der Waals surface area contributed by atoms with Crippen molar-refractivity contribution in [1.82, 2.24) is 15.5 Å². The van der Waals surface area contributed by atoms with Crippen LogP contribution in [-0.4, -0.2) is 56.1 Å². The van der Waals surface area contributed by atoms with Gasteiger partial charge in [0.15, 0.2) is 0 Å². The van der Waals surface area contributed by atoms with Crippen molar-refractivity contribution in [2.45, 2.75) is 45.2 Å². The third-order valence-corrected chi connectivity index (χ3v) is 5.79. The summed E-state index contributed by atoms with van der Waals surface area (Å²) in [4.78, 5) is 27.0. The Hall–Kier alpha value is -3.06. The first-order valence-corrected chi connectivity index (χ1v) is 11.7. The lowest BCUT2D eigenvalue weighted by Crippen LogP contribution is -2.47. The van der Waals surface area contributed by atoms with Gasteiger partial charge in [-0.3, -0.25) is 14.5 Å². The molecule has 0 aromatic heterocycles. The molecule has 0 unspecified atom stereocenters. The molecule has 3 rings (SSSR count). The first kappa shape index (κ1) is 24.6. The predicted molar refractivity (Wildman–Crippen MR) is 129 cm³/mol. The molecule has 0 radical (unpaired) electrons. The Kier molecular flexibility index (Phi) is 9.57. The maximum Gasteiger partial charge on any atom is 0.251 e. The van der Waals surface area contributed by atoms with E-state index in [0.29, 0.717) is 12.2 Å². The molecule has 0 saturated carbocycles. The molecule has 2 aromatic carbocycles. The third-order valence-electron chi connectivity index (χ3n) is 5.79. The molecular formula is C26H35N3O4. The lowest BCUT2D eigenvalue weighted by Gasteiger charge is -2.32. The van der Waals surface area contributed by atoms with Crippen LogP contribution in [0.5, 0.6) is 11.5 Å². The molecule has 7 heteroatoms. The zero-order valence-electron chi connectivity index (χ0n) is 19.6. The first-order chi connectivity index (χ1) is 16.1. The monoisotopic (exact) mass is 453 g/mol. The number of benzene rings is 2. The summed E-state index contributed by atoms with van der Waals surface area (Å²) in [6.45, 7) is 5.46. The molecule has 1 aliphatic heterocycles. The summed E-state index contributed by atoms with van der Waals surface area (Å²) in [5.41, 5.74) is 1.73. The Bertz CT molecular complexity index is 893. The second-order valence-electron chi connectivity index (χ2n) is 8.38. The fourth-order valence-corrected chi connectivity index (χ4v) is 3.84. The van der Waals surface area contributed by atoms with Crippen molar-refractivity contribution in [3.8, 4) is 11.5 Å². The average Bonchev–Trinajstić information content (AvgIpc) is 2.84. The van der Waals surface area contributed by atoms with Crippen LogP contribution >= 0.6 is 0 Å². The minimum Gasteiger partial charge on any atom is -0.497 e. The number of carbonyl (C=O) groups excluding carboxylic acids is 2. The number of piperidine rings is 1. The molecule has 2 N–H and O–H groups in total. The molecule has 178 valence electrons. The molecule has 1 heterocycles. The van der Waals surface area contributed by atoms with Crippen molar-refractivity contribution in [1.29, 1.82) is 0 Å². The SMILES string of the molecule is CCCCOc1ccc(C(=O)NCC(=O)NC2CCN(Cc3cccc(OC)c3)CC2)cc1. The molecule has 1 fully saturated rings. The van der Waals surface area contributed by atoms with Gasteiger partial charge in [-0.1, -0.05) is 25.5 Å². The number of ether oxygens (including phenoxy) is 2. The highest BCUT2D eigenvalue weighted by Crippen LogP contribution is 2.18. The first-order valence-electron chi connectivity index (χ1n) is 11.7. The Morgan fingerprint density at radius 2 is 1.82 bits per heavy atom. The van der Waals surface area contributed by atoms with E-state index >= 15 is 0 Å². The highest BCUT2D eigenvalue weighted by molar-refractivity contribution is 5.96. The fraction of sp³-hybridized carbons (Fsp3) is 0.462. The lowest BCUT2D eigenvalue weighted by molar-refractivity contribution is -0.121. The van der Waals surface area contributed by atoms with Gasteiger partial charge < -0.3 is 20.1 Å². The molecule has 0 aliphatic carbocycles. The number of amides is 2. The van der Waals surface area contributed by atoms with E-state index in [1.807, 2.05) is 12.1 Å². The van der Waals surface area contributed by atoms with Crippen molar-refractivity contribution in [3.63, 3.8) is 0 Å². The molecule has 2 aromatic rings. The van der Waals surface area contributed by atoms with Crippen LogP contribution in [0.1, 0.15) is 48.5 Å². The minimum atomic E-state index is -0.265. The topological polar surface area (TPSA) is 79.9 Å².